The predicted molar refractivity (Wildman–Crippen MR) is 119 cm³/mol. The molecule has 0 spiro atoms. The Morgan fingerprint density at radius 1 is 1.04 bits per heavy atom. The van der Waals surface area contributed by atoms with E-state index in [4.69, 9.17) is 4.74 Å². The lowest BCUT2D eigenvalue weighted by molar-refractivity contribution is -0.883. The minimum absolute atomic E-state index is 0.241. The lowest BCUT2D eigenvalue weighted by Crippen LogP contribution is -2.52. The molecule has 0 atom stereocenters. The van der Waals surface area contributed by atoms with Crippen LogP contribution in [0.4, 0.5) is 0 Å². The Morgan fingerprint density at radius 2 is 1.64 bits per heavy atom. The molecule has 1 aromatic rings. The molecule has 0 bridgehead atoms. The molecular weight excluding hydrogens is 348 g/mol. The smallest absolute Gasteiger partial charge is 0.278 e. The number of carbonyl (C=O) groups is 1. The van der Waals surface area contributed by atoms with Crippen molar-refractivity contribution in [2.24, 2.45) is 0 Å². The first-order chi connectivity index (χ1) is 12.9. The van der Waals surface area contributed by atoms with E-state index in [0.717, 1.165) is 36.2 Å². The summed E-state index contributed by atoms with van der Waals surface area (Å²) in [6.45, 7) is 17.1. The molecule has 0 radical (unpaired) electrons. The average Bonchev–Trinajstić information content (AvgIpc) is 2.52. The van der Waals surface area contributed by atoms with Crippen LogP contribution in [0, 0.1) is 6.92 Å². The van der Waals surface area contributed by atoms with Crippen LogP contribution in [-0.2, 0) is 4.79 Å². The fraction of sp³-hybridized carbons (Fsp3) is 0.708. The first-order valence-electron chi connectivity index (χ1n) is 10.8. The Bertz CT molecular complexity index is 613. The molecule has 0 saturated heterocycles. The summed E-state index contributed by atoms with van der Waals surface area (Å²) in [5.41, 5.74) is 2.50. The van der Waals surface area contributed by atoms with E-state index >= 15 is 0 Å². The zero-order chi connectivity index (χ0) is 21.5. The predicted octanol–water partition coefficient (Wildman–Crippen LogP) is 5.00. The molecule has 1 rings (SSSR count). The van der Waals surface area contributed by atoms with Crippen LogP contribution in [0.3, 0.4) is 0 Å². The zero-order valence-electron chi connectivity index (χ0n) is 19.7. The van der Waals surface area contributed by atoms with Crippen molar-refractivity contribution in [1.82, 2.24) is 4.90 Å². The van der Waals surface area contributed by atoms with Gasteiger partial charge in [-0.05, 0) is 70.6 Å². The SMILES string of the molecule is Cc1ccc(C(C)C)c(OCCCC[N+](C)(C)CC(=O)N(C(C)C)C(C)C)c1. The van der Waals surface area contributed by atoms with Crippen molar-refractivity contribution in [3.05, 3.63) is 29.3 Å². The number of unbranched alkanes of at least 4 members (excludes halogenated alkanes) is 1. The topological polar surface area (TPSA) is 29.5 Å². The number of rotatable bonds is 11. The molecule has 0 unspecified atom stereocenters. The molecule has 1 amide bonds. The van der Waals surface area contributed by atoms with Gasteiger partial charge in [0.1, 0.15) is 5.75 Å². The van der Waals surface area contributed by atoms with Crippen LogP contribution in [0.2, 0.25) is 0 Å². The summed E-state index contributed by atoms with van der Waals surface area (Å²) in [5.74, 6) is 1.72. The van der Waals surface area contributed by atoms with E-state index < -0.39 is 0 Å². The minimum Gasteiger partial charge on any atom is -0.493 e. The highest BCUT2D eigenvalue weighted by Crippen LogP contribution is 2.27. The number of hydrogen-bond acceptors (Lipinski definition) is 2. The second-order valence-electron chi connectivity index (χ2n) is 9.56. The largest absolute Gasteiger partial charge is 0.493 e. The molecule has 0 aromatic heterocycles. The Balaban J connectivity index is 2.49. The average molecular weight is 392 g/mol. The van der Waals surface area contributed by atoms with E-state index in [9.17, 15) is 4.79 Å². The van der Waals surface area contributed by atoms with Crippen LogP contribution in [-0.4, -0.2) is 61.2 Å². The van der Waals surface area contributed by atoms with Gasteiger partial charge in [0.2, 0.25) is 0 Å². The normalized spacial score (nSPS) is 12.1. The fourth-order valence-corrected chi connectivity index (χ4v) is 3.77. The van der Waals surface area contributed by atoms with E-state index in [0.29, 0.717) is 12.5 Å². The standard InChI is InChI=1S/C24H43N2O2/c1-18(2)22-13-12-21(7)16-23(22)28-15-11-10-14-26(8,9)17-24(27)25(19(3)4)20(5)6/h12-13,16,18-20H,10-11,14-15,17H2,1-9H3/q+1. The van der Waals surface area contributed by atoms with Gasteiger partial charge in [-0.3, -0.25) is 4.79 Å². The third kappa shape index (κ3) is 7.83. The van der Waals surface area contributed by atoms with Gasteiger partial charge in [0.15, 0.2) is 6.54 Å². The Hall–Kier alpha value is -1.55. The first-order valence-corrected chi connectivity index (χ1v) is 10.8. The molecule has 0 N–H and O–H groups in total. The first kappa shape index (κ1) is 24.5. The van der Waals surface area contributed by atoms with Crippen LogP contribution < -0.4 is 4.74 Å². The molecule has 0 fully saturated rings. The molecule has 0 saturated carbocycles. The van der Waals surface area contributed by atoms with E-state index in [1.54, 1.807) is 0 Å². The van der Waals surface area contributed by atoms with Crippen LogP contribution >= 0.6 is 0 Å². The van der Waals surface area contributed by atoms with E-state index in [2.05, 4.69) is 80.8 Å². The number of benzene rings is 1. The Labute approximate surface area is 173 Å². The van der Waals surface area contributed by atoms with Gasteiger partial charge in [-0.2, -0.15) is 0 Å². The van der Waals surface area contributed by atoms with Gasteiger partial charge in [0.05, 0.1) is 27.2 Å². The summed E-state index contributed by atoms with van der Waals surface area (Å²) in [7, 11) is 4.30. The van der Waals surface area contributed by atoms with Gasteiger partial charge < -0.3 is 14.1 Å². The molecule has 1 aromatic carbocycles. The minimum atomic E-state index is 0.241. The highest BCUT2D eigenvalue weighted by atomic mass is 16.5. The number of aryl methyl sites for hydroxylation is 1. The van der Waals surface area contributed by atoms with Crippen molar-refractivity contribution >= 4 is 5.91 Å². The van der Waals surface area contributed by atoms with Crippen LogP contribution in [0.15, 0.2) is 18.2 Å². The molecule has 4 heteroatoms. The van der Waals surface area contributed by atoms with Gasteiger partial charge in [0, 0.05) is 12.1 Å². The summed E-state index contributed by atoms with van der Waals surface area (Å²) >= 11 is 0. The fourth-order valence-electron chi connectivity index (χ4n) is 3.77. The maximum Gasteiger partial charge on any atom is 0.278 e. The maximum atomic E-state index is 12.7. The second kappa shape index (κ2) is 10.8. The number of likely N-dealkylation sites (N-methyl/N-ethyl adjacent to an activating group) is 1. The summed E-state index contributed by atoms with van der Waals surface area (Å²) in [6.07, 6.45) is 2.05. The highest BCUT2D eigenvalue weighted by molar-refractivity contribution is 5.77. The van der Waals surface area contributed by atoms with Crippen LogP contribution in [0.5, 0.6) is 5.75 Å². The summed E-state index contributed by atoms with van der Waals surface area (Å²) in [5, 5.41) is 0. The lowest BCUT2D eigenvalue weighted by atomic mass is 10.0. The molecule has 0 aliphatic carbocycles. The molecule has 28 heavy (non-hydrogen) atoms. The molecule has 4 nitrogen and oxygen atoms in total. The zero-order valence-corrected chi connectivity index (χ0v) is 19.7. The second-order valence-corrected chi connectivity index (χ2v) is 9.56. The molecule has 160 valence electrons. The number of quaternary nitrogens is 1. The quantitative estimate of drug-likeness (QED) is 0.392. The monoisotopic (exact) mass is 391 g/mol. The summed E-state index contributed by atoms with van der Waals surface area (Å²) in [6, 6.07) is 6.95. The summed E-state index contributed by atoms with van der Waals surface area (Å²) < 4.78 is 6.81. The Morgan fingerprint density at radius 3 is 2.18 bits per heavy atom. The van der Waals surface area contributed by atoms with E-state index in [-0.39, 0.29) is 18.0 Å². The van der Waals surface area contributed by atoms with E-state index in [1.807, 2.05) is 4.90 Å². The van der Waals surface area contributed by atoms with Gasteiger partial charge in [0.25, 0.3) is 5.91 Å². The van der Waals surface area contributed by atoms with Gasteiger partial charge >= 0.3 is 0 Å². The van der Waals surface area contributed by atoms with Gasteiger partial charge in [-0.1, -0.05) is 26.0 Å². The van der Waals surface area contributed by atoms with E-state index in [1.165, 1.54) is 11.1 Å². The van der Waals surface area contributed by atoms with Gasteiger partial charge in [-0.15, -0.1) is 0 Å². The molecule has 0 aliphatic rings. The maximum absolute atomic E-state index is 12.7. The Kier molecular flexibility index (Phi) is 9.49. The van der Waals surface area contributed by atoms with Crippen molar-refractivity contribution in [3.63, 3.8) is 0 Å². The number of carbonyl (C=O) groups excluding carboxylic acids is 1. The lowest BCUT2D eigenvalue weighted by Gasteiger charge is -2.35. The summed E-state index contributed by atoms with van der Waals surface area (Å²) in [4.78, 5) is 14.7. The molecule has 0 aliphatic heterocycles. The van der Waals surface area contributed by atoms with Crippen molar-refractivity contribution in [2.45, 2.75) is 79.3 Å². The molecular formula is C24H43N2O2+. The number of nitrogens with zero attached hydrogens (tertiary/aromatic N) is 2. The van der Waals surface area contributed by atoms with Crippen molar-refractivity contribution in [3.8, 4) is 5.75 Å². The van der Waals surface area contributed by atoms with Crippen molar-refractivity contribution < 1.29 is 14.0 Å². The third-order valence-corrected chi connectivity index (χ3v) is 5.17. The number of hydrogen-bond donors (Lipinski definition) is 0. The van der Waals surface area contributed by atoms with Crippen molar-refractivity contribution in [2.75, 3.05) is 33.8 Å². The third-order valence-electron chi connectivity index (χ3n) is 5.17. The van der Waals surface area contributed by atoms with Crippen molar-refractivity contribution in [1.29, 1.82) is 0 Å². The molecule has 0 heterocycles. The number of amides is 1. The highest BCUT2D eigenvalue weighted by Gasteiger charge is 2.27. The van der Waals surface area contributed by atoms with Crippen LogP contribution in [0.25, 0.3) is 0 Å². The number of ether oxygens (including phenoxy) is 1. The van der Waals surface area contributed by atoms with Crippen LogP contribution in [0.1, 0.15) is 71.4 Å². The van der Waals surface area contributed by atoms with Gasteiger partial charge in [-0.25, -0.2) is 0 Å².